The van der Waals surface area contributed by atoms with Gasteiger partial charge in [0.15, 0.2) is 0 Å². The molecule has 2 N–H and O–H groups in total. The molecule has 0 aliphatic carbocycles. The van der Waals surface area contributed by atoms with E-state index in [1.165, 1.54) is 0 Å². The van der Waals surface area contributed by atoms with E-state index in [0.717, 1.165) is 22.2 Å². The summed E-state index contributed by atoms with van der Waals surface area (Å²) >= 11 is 0. The van der Waals surface area contributed by atoms with E-state index < -0.39 is 5.97 Å². The molecule has 4 heteroatoms. The number of aromatic carboxylic acids is 1. The molecule has 0 heterocycles. The molecule has 0 spiro atoms. The molecule has 3 aromatic rings. The van der Waals surface area contributed by atoms with E-state index in [0.29, 0.717) is 11.8 Å². The minimum absolute atomic E-state index is 0.179. The molecule has 0 unspecified atom stereocenters. The number of anilines is 1. The fourth-order valence-corrected chi connectivity index (χ4v) is 3.07. The fraction of sp³-hybridized carbons (Fsp3) is 0.150. The van der Waals surface area contributed by atoms with Crippen LogP contribution in [0.15, 0.2) is 54.6 Å². The Kier molecular flexibility index (Phi) is 4.13. The molecule has 4 nitrogen and oxygen atoms in total. The number of aromatic hydroxyl groups is 1. The zero-order valence-electron chi connectivity index (χ0n) is 13.7. The number of phenolic OH excluding ortho intramolecular Hbond substituents is 1. The van der Waals surface area contributed by atoms with Crippen LogP contribution in [0.5, 0.6) is 5.75 Å². The van der Waals surface area contributed by atoms with Gasteiger partial charge >= 0.3 is 5.97 Å². The third-order valence-corrected chi connectivity index (χ3v) is 4.22. The van der Waals surface area contributed by atoms with Gasteiger partial charge in [-0.3, -0.25) is 0 Å². The van der Waals surface area contributed by atoms with Crippen LogP contribution < -0.4 is 4.90 Å². The molecule has 0 radical (unpaired) electrons. The molecular weight excluding hydrogens is 302 g/mol. The summed E-state index contributed by atoms with van der Waals surface area (Å²) in [6.07, 6.45) is 0.528. The van der Waals surface area contributed by atoms with Crippen molar-refractivity contribution in [2.75, 3.05) is 19.0 Å². The highest BCUT2D eigenvalue weighted by atomic mass is 16.4. The minimum Gasteiger partial charge on any atom is -0.508 e. The second-order valence-electron chi connectivity index (χ2n) is 5.97. The lowest BCUT2D eigenvalue weighted by Gasteiger charge is -2.18. The number of fused-ring (bicyclic) bond motifs is 1. The number of phenols is 1. The summed E-state index contributed by atoms with van der Waals surface area (Å²) in [5.41, 5.74) is 3.13. The Labute approximate surface area is 140 Å². The van der Waals surface area contributed by atoms with Crippen LogP contribution in [0.1, 0.15) is 21.5 Å². The third-order valence-electron chi connectivity index (χ3n) is 4.22. The lowest BCUT2D eigenvalue weighted by Crippen LogP contribution is -2.11. The van der Waals surface area contributed by atoms with Crippen molar-refractivity contribution in [3.05, 3.63) is 71.3 Å². The van der Waals surface area contributed by atoms with Crippen LogP contribution in [-0.2, 0) is 6.42 Å². The molecule has 0 amide bonds. The molecular formula is C20H19NO3. The Morgan fingerprint density at radius 2 is 1.71 bits per heavy atom. The van der Waals surface area contributed by atoms with Crippen molar-refractivity contribution in [1.29, 1.82) is 0 Å². The van der Waals surface area contributed by atoms with Gasteiger partial charge in [0.1, 0.15) is 5.75 Å². The fourth-order valence-electron chi connectivity index (χ4n) is 3.07. The zero-order chi connectivity index (χ0) is 17.3. The van der Waals surface area contributed by atoms with Gasteiger partial charge in [0.2, 0.25) is 0 Å². The Morgan fingerprint density at radius 3 is 2.42 bits per heavy atom. The Morgan fingerprint density at radius 1 is 0.958 bits per heavy atom. The summed E-state index contributed by atoms with van der Waals surface area (Å²) in [5.74, 6) is -0.787. The molecule has 122 valence electrons. The molecule has 0 fully saturated rings. The zero-order valence-corrected chi connectivity index (χ0v) is 13.7. The first-order valence-corrected chi connectivity index (χ1v) is 7.71. The van der Waals surface area contributed by atoms with Crippen LogP contribution in [-0.4, -0.2) is 30.3 Å². The van der Waals surface area contributed by atoms with Gasteiger partial charge in [-0.05, 0) is 40.6 Å². The highest BCUT2D eigenvalue weighted by Gasteiger charge is 2.15. The standard InChI is InChI=1S/C20H19NO3/c1-21(2)18-9-4-3-6-13(18)12-17-14-7-5-8-16(20(23)24)15(14)10-11-19(17)22/h3-11,22H,12H2,1-2H3,(H,23,24). The van der Waals surface area contributed by atoms with Crippen molar-refractivity contribution in [1.82, 2.24) is 0 Å². The highest BCUT2D eigenvalue weighted by molar-refractivity contribution is 6.05. The Hall–Kier alpha value is -3.01. The topological polar surface area (TPSA) is 60.8 Å². The number of benzene rings is 3. The SMILES string of the molecule is CN(C)c1ccccc1Cc1c(O)ccc2c(C(=O)O)cccc12. The summed E-state index contributed by atoms with van der Waals surface area (Å²) in [6, 6.07) is 16.4. The summed E-state index contributed by atoms with van der Waals surface area (Å²) in [7, 11) is 3.95. The number of para-hydroxylation sites is 1. The van der Waals surface area contributed by atoms with Crippen molar-refractivity contribution in [3.8, 4) is 5.75 Å². The van der Waals surface area contributed by atoms with Gasteiger partial charge in [-0.2, -0.15) is 0 Å². The molecule has 0 aromatic heterocycles. The van der Waals surface area contributed by atoms with E-state index in [1.54, 1.807) is 24.3 Å². The van der Waals surface area contributed by atoms with Crippen LogP contribution in [0.3, 0.4) is 0 Å². The molecule has 3 rings (SSSR count). The average molecular weight is 321 g/mol. The second kappa shape index (κ2) is 6.24. The van der Waals surface area contributed by atoms with Gasteiger partial charge in [0.05, 0.1) is 5.56 Å². The van der Waals surface area contributed by atoms with Gasteiger partial charge < -0.3 is 15.1 Å². The van der Waals surface area contributed by atoms with Crippen LogP contribution in [0.4, 0.5) is 5.69 Å². The van der Waals surface area contributed by atoms with Crippen LogP contribution >= 0.6 is 0 Å². The van der Waals surface area contributed by atoms with Crippen molar-refractivity contribution in [2.45, 2.75) is 6.42 Å². The maximum absolute atomic E-state index is 11.4. The van der Waals surface area contributed by atoms with Crippen molar-refractivity contribution >= 4 is 22.4 Å². The van der Waals surface area contributed by atoms with E-state index in [2.05, 4.69) is 0 Å². The molecule has 3 aromatic carbocycles. The number of hydrogen-bond acceptors (Lipinski definition) is 3. The predicted molar refractivity (Wildman–Crippen MR) is 96.1 cm³/mol. The Balaban J connectivity index is 2.19. The summed E-state index contributed by atoms with van der Waals surface area (Å²) in [5, 5.41) is 21.2. The Bertz CT molecular complexity index is 916. The number of carboxylic acid groups (broad SMARTS) is 1. The van der Waals surface area contributed by atoms with Crippen molar-refractivity contribution in [3.63, 3.8) is 0 Å². The van der Waals surface area contributed by atoms with Crippen molar-refractivity contribution in [2.24, 2.45) is 0 Å². The first-order chi connectivity index (χ1) is 11.5. The van der Waals surface area contributed by atoms with Crippen LogP contribution in [0.25, 0.3) is 10.8 Å². The summed E-state index contributed by atoms with van der Waals surface area (Å²) in [4.78, 5) is 13.5. The van der Waals surface area contributed by atoms with Gasteiger partial charge in [-0.25, -0.2) is 4.79 Å². The molecule has 0 aliphatic rings. The van der Waals surface area contributed by atoms with Crippen LogP contribution in [0, 0.1) is 0 Å². The third kappa shape index (κ3) is 2.78. The molecule has 0 atom stereocenters. The average Bonchev–Trinajstić information content (AvgIpc) is 2.57. The summed E-state index contributed by atoms with van der Waals surface area (Å²) < 4.78 is 0. The quantitative estimate of drug-likeness (QED) is 0.765. The van der Waals surface area contributed by atoms with E-state index in [-0.39, 0.29) is 11.3 Å². The smallest absolute Gasteiger partial charge is 0.336 e. The summed E-state index contributed by atoms with van der Waals surface area (Å²) in [6.45, 7) is 0. The second-order valence-corrected chi connectivity index (χ2v) is 5.97. The number of rotatable bonds is 4. The lowest BCUT2D eigenvalue weighted by molar-refractivity contribution is 0.0699. The van der Waals surface area contributed by atoms with E-state index in [4.69, 9.17) is 0 Å². The van der Waals surface area contributed by atoms with Gasteiger partial charge in [-0.1, -0.05) is 30.3 Å². The number of carboxylic acids is 1. The molecule has 0 bridgehead atoms. The van der Waals surface area contributed by atoms with E-state index >= 15 is 0 Å². The van der Waals surface area contributed by atoms with Crippen molar-refractivity contribution < 1.29 is 15.0 Å². The molecule has 24 heavy (non-hydrogen) atoms. The monoisotopic (exact) mass is 321 g/mol. The number of hydrogen-bond donors (Lipinski definition) is 2. The first-order valence-electron chi connectivity index (χ1n) is 7.71. The normalized spacial score (nSPS) is 10.8. The number of nitrogens with zero attached hydrogens (tertiary/aromatic N) is 1. The largest absolute Gasteiger partial charge is 0.508 e. The van der Waals surface area contributed by atoms with E-state index in [1.807, 2.05) is 49.3 Å². The highest BCUT2D eigenvalue weighted by Crippen LogP contribution is 2.33. The van der Waals surface area contributed by atoms with Gasteiger partial charge in [0.25, 0.3) is 0 Å². The molecule has 0 aliphatic heterocycles. The molecule has 0 saturated carbocycles. The number of carbonyl (C=O) groups is 1. The van der Waals surface area contributed by atoms with Gasteiger partial charge in [0, 0.05) is 31.8 Å². The first kappa shape index (κ1) is 15.9. The van der Waals surface area contributed by atoms with Gasteiger partial charge in [-0.15, -0.1) is 0 Å². The van der Waals surface area contributed by atoms with Crippen LogP contribution in [0.2, 0.25) is 0 Å². The maximum Gasteiger partial charge on any atom is 0.336 e. The maximum atomic E-state index is 11.4. The van der Waals surface area contributed by atoms with E-state index in [9.17, 15) is 15.0 Å². The minimum atomic E-state index is -0.967. The molecule has 0 saturated heterocycles. The lowest BCUT2D eigenvalue weighted by atomic mass is 9.94. The predicted octanol–water partition coefficient (Wildman–Crippen LogP) is 3.90.